The summed E-state index contributed by atoms with van der Waals surface area (Å²) in [5, 5.41) is 2.45. The highest BCUT2D eigenvalue weighted by atomic mass is 79.9. The minimum atomic E-state index is -0.483. The average molecular weight is 230 g/mol. The topological polar surface area (TPSA) is 38.3 Å². The average Bonchev–Trinajstić information content (AvgIpc) is 2.05. The summed E-state index contributed by atoms with van der Waals surface area (Å²) in [5.74, 6) is 0. The summed E-state index contributed by atoms with van der Waals surface area (Å²) in [4.78, 5) is 10.8. The van der Waals surface area contributed by atoms with Crippen LogP contribution in [0.4, 0.5) is 4.79 Å². The molecule has 0 unspecified atom stereocenters. The van der Waals surface area contributed by atoms with E-state index in [0.717, 1.165) is 4.48 Å². The summed E-state index contributed by atoms with van der Waals surface area (Å²) in [5.41, 5.74) is 0.507. The Morgan fingerprint density at radius 3 is 3.08 bits per heavy atom. The van der Waals surface area contributed by atoms with Gasteiger partial charge in [-0.25, -0.2) is 4.79 Å². The van der Waals surface area contributed by atoms with Gasteiger partial charge in [-0.15, -0.1) is 0 Å². The first kappa shape index (κ1) is 9.06. The van der Waals surface area contributed by atoms with Crippen molar-refractivity contribution < 1.29 is 9.53 Å². The van der Waals surface area contributed by atoms with Gasteiger partial charge >= 0.3 is 6.09 Å². The van der Waals surface area contributed by atoms with Gasteiger partial charge in [0, 0.05) is 10.2 Å². The van der Waals surface area contributed by atoms with Gasteiger partial charge in [-0.2, -0.15) is 0 Å². The zero-order valence-electron chi connectivity index (χ0n) is 6.34. The van der Waals surface area contributed by atoms with Gasteiger partial charge in [-0.1, -0.05) is 22.5 Å². The number of ether oxygens (including phenoxy) is 1. The number of hydrogen-bond donors (Lipinski definition) is 1. The van der Waals surface area contributed by atoms with E-state index in [4.69, 9.17) is 4.74 Å². The summed E-state index contributed by atoms with van der Waals surface area (Å²) in [6.45, 7) is 3.85. The highest BCUT2D eigenvalue weighted by Gasteiger charge is 2.02. The number of halogens is 1. The van der Waals surface area contributed by atoms with Gasteiger partial charge in [0.15, 0.2) is 0 Å². The predicted molar refractivity (Wildman–Crippen MR) is 49.8 cm³/mol. The Morgan fingerprint density at radius 1 is 1.58 bits per heavy atom. The molecule has 1 aliphatic rings. The highest BCUT2D eigenvalue weighted by Crippen LogP contribution is 2.08. The Balaban J connectivity index is 2.74. The van der Waals surface area contributed by atoms with E-state index in [-0.39, 0.29) is 6.61 Å². The van der Waals surface area contributed by atoms with Crippen molar-refractivity contribution in [2.75, 3.05) is 6.61 Å². The van der Waals surface area contributed by atoms with E-state index in [1.54, 1.807) is 18.2 Å². The fraction of sp³-hybridized carbons (Fsp3) is 0.125. The van der Waals surface area contributed by atoms with Crippen LogP contribution in [0.5, 0.6) is 0 Å². The first-order valence-corrected chi connectivity index (χ1v) is 4.14. The second kappa shape index (κ2) is 4.11. The number of carbonyl (C=O) groups is 1. The van der Waals surface area contributed by atoms with Crippen molar-refractivity contribution in [3.05, 3.63) is 35.0 Å². The largest absolute Gasteiger partial charge is 0.445 e. The Labute approximate surface area is 78.9 Å². The zero-order chi connectivity index (χ0) is 8.97. The number of cyclic esters (lactones) is 1. The molecule has 0 aromatic rings. The number of hydrogen-bond acceptors (Lipinski definition) is 2. The van der Waals surface area contributed by atoms with E-state index in [1.807, 2.05) is 0 Å². The molecule has 0 saturated carbocycles. The smallest absolute Gasteiger partial charge is 0.411 e. The van der Waals surface area contributed by atoms with Crippen molar-refractivity contribution >= 4 is 22.0 Å². The van der Waals surface area contributed by atoms with Crippen molar-refractivity contribution in [3.8, 4) is 0 Å². The molecule has 0 bridgehead atoms. The normalized spacial score (nSPS) is 25.2. The molecule has 12 heavy (non-hydrogen) atoms. The molecule has 0 radical (unpaired) electrons. The molecule has 0 saturated heterocycles. The van der Waals surface area contributed by atoms with Crippen LogP contribution >= 0.6 is 15.9 Å². The molecule has 0 aliphatic carbocycles. The van der Waals surface area contributed by atoms with Crippen molar-refractivity contribution in [2.45, 2.75) is 0 Å². The Morgan fingerprint density at radius 2 is 2.33 bits per heavy atom. The van der Waals surface area contributed by atoms with Gasteiger partial charge in [0.25, 0.3) is 0 Å². The number of rotatable bonds is 0. The van der Waals surface area contributed by atoms with Gasteiger partial charge in [0.2, 0.25) is 0 Å². The first-order chi connectivity index (χ1) is 5.68. The van der Waals surface area contributed by atoms with E-state index in [9.17, 15) is 4.79 Å². The summed E-state index contributed by atoms with van der Waals surface area (Å²) in [6.07, 6.45) is 4.74. The zero-order valence-corrected chi connectivity index (χ0v) is 7.93. The van der Waals surface area contributed by atoms with Gasteiger partial charge in [0.05, 0.1) is 0 Å². The molecule has 0 atom stereocenters. The Bertz CT molecular complexity index is 268. The summed E-state index contributed by atoms with van der Waals surface area (Å²) in [6, 6.07) is 0. The van der Waals surface area contributed by atoms with Gasteiger partial charge in [-0.05, 0) is 18.2 Å². The van der Waals surface area contributed by atoms with Crippen LogP contribution in [0.15, 0.2) is 35.0 Å². The van der Waals surface area contributed by atoms with Gasteiger partial charge < -0.3 is 4.74 Å². The van der Waals surface area contributed by atoms with E-state index in [2.05, 4.69) is 27.8 Å². The van der Waals surface area contributed by atoms with E-state index < -0.39 is 6.09 Å². The van der Waals surface area contributed by atoms with Gasteiger partial charge in [0.1, 0.15) is 6.61 Å². The molecule has 1 heterocycles. The van der Waals surface area contributed by atoms with Crippen molar-refractivity contribution in [1.29, 1.82) is 0 Å². The number of amides is 1. The lowest BCUT2D eigenvalue weighted by Crippen LogP contribution is -2.21. The molecule has 1 rings (SSSR count). The fourth-order valence-electron chi connectivity index (χ4n) is 0.654. The second-order valence-corrected chi connectivity index (χ2v) is 3.09. The third-order valence-electron chi connectivity index (χ3n) is 1.20. The Hall–Kier alpha value is -1.03. The first-order valence-electron chi connectivity index (χ1n) is 3.35. The quantitative estimate of drug-likeness (QED) is 0.691. The standard InChI is InChI=1S/C8H8BrNO2/c1-6-2-3-7(9)4-5-12-8(11)10-6/h2-4H,1,5H2,(H,10,11)/b3-2-,7-4+. The van der Waals surface area contributed by atoms with Crippen LogP contribution in [0.2, 0.25) is 0 Å². The third kappa shape index (κ3) is 2.92. The van der Waals surface area contributed by atoms with Crippen LogP contribution in [0.25, 0.3) is 0 Å². The fourth-order valence-corrected chi connectivity index (χ4v) is 0.918. The number of nitrogens with one attached hydrogen (secondary N) is 1. The molecule has 0 aromatic carbocycles. The van der Waals surface area contributed by atoms with Crippen molar-refractivity contribution in [2.24, 2.45) is 0 Å². The predicted octanol–water partition coefficient (Wildman–Crippen LogP) is 2.07. The molecular formula is C8H8BrNO2. The maximum Gasteiger partial charge on any atom is 0.411 e. The molecule has 3 nitrogen and oxygen atoms in total. The van der Waals surface area contributed by atoms with E-state index in [1.165, 1.54) is 0 Å². The van der Waals surface area contributed by atoms with Crippen LogP contribution in [-0.4, -0.2) is 12.7 Å². The molecule has 0 spiro atoms. The van der Waals surface area contributed by atoms with Crippen LogP contribution in [0.1, 0.15) is 0 Å². The van der Waals surface area contributed by atoms with E-state index >= 15 is 0 Å². The molecule has 0 aromatic heterocycles. The van der Waals surface area contributed by atoms with Crippen molar-refractivity contribution in [1.82, 2.24) is 5.32 Å². The lowest BCUT2D eigenvalue weighted by atomic mass is 10.4. The maximum atomic E-state index is 10.8. The minimum Gasteiger partial charge on any atom is -0.445 e. The minimum absolute atomic E-state index is 0.254. The van der Waals surface area contributed by atoms with Gasteiger partial charge in [-0.3, -0.25) is 5.32 Å². The SMILES string of the molecule is C=C1/C=C\C(Br)=C/COC(=O)N1. The van der Waals surface area contributed by atoms with Crippen LogP contribution in [-0.2, 0) is 4.74 Å². The highest BCUT2D eigenvalue weighted by molar-refractivity contribution is 9.11. The molecule has 1 N–H and O–H groups in total. The van der Waals surface area contributed by atoms with Crippen LogP contribution in [0.3, 0.4) is 0 Å². The maximum absolute atomic E-state index is 10.8. The summed E-state index contributed by atoms with van der Waals surface area (Å²) < 4.78 is 5.61. The molecular weight excluding hydrogens is 222 g/mol. The number of alkyl carbamates (subject to hydrolysis) is 1. The Kier molecular flexibility index (Phi) is 3.10. The monoisotopic (exact) mass is 229 g/mol. The lowest BCUT2D eigenvalue weighted by molar-refractivity contribution is 0.162. The third-order valence-corrected chi connectivity index (χ3v) is 1.79. The molecule has 64 valence electrons. The number of allylic oxidation sites excluding steroid dienone is 3. The van der Waals surface area contributed by atoms with E-state index in [0.29, 0.717) is 5.70 Å². The van der Waals surface area contributed by atoms with Crippen LogP contribution in [0, 0.1) is 0 Å². The lowest BCUT2D eigenvalue weighted by Gasteiger charge is -2.02. The molecule has 0 fully saturated rings. The summed E-state index contributed by atoms with van der Waals surface area (Å²) >= 11 is 3.27. The second-order valence-electron chi connectivity index (χ2n) is 2.17. The molecule has 1 aliphatic heterocycles. The van der Waals surface area contributed by atoms with Crippen LogP contribution < -0.4 is 5.32 Å². The number of carbonyl (C=O) groups excluding carboxylic acids is 1. The van der Waals surface area contributed by atoms with Crippen molar-refractivity contribution in [3.63, 3.8) is 0 Å². The molecule has 4 heteroatoms. The summed E-state index contributed by atoms with van der Waals surface area (Å²) in [7, 11) is 0. The molecule has 1 amide bonds.